The molecule has 0 aliphatic carbocycles. The van der Waals surface area contributed by atoms with E-state index in [0.29, 0.717) is 0 Å². The van der Waals surface area contributed by atoms with Gasteiger partial charge in [0.05, 0.1) is 0 Å². The van der Waals surface area contributed by atoms with E-state index in [1.54, 1.807) is 0 Å². The molecule has 0 aromatic carbocycles. The molecule has 74 valence electrons. The second kappa shape index (κ2) is 8.31. The van der Waals surface area contributed by atoms with Crippen LogP contribution in [0.2, 0.25) is 0 Å². The molecule has 0 spiro atoms. The molecule has 0 amide bonds. The third kappa shape index (κ3) is 7.35. The summed E-state index contributed by atoms with van der Waals surface area (Å²) >= 11 is 6.38. The topological polar surface area (TPSA) is 0 Å². The van der Waals surface area contributed by atoms with Crippen LogP contribution < -0.4 is 0 Å². The predicted octanol–water partition coefficient (Wildman–Crippen LogP) is 3.86. The number of thioether (sulfide) groups is 1. The third-order valence-electron chi connectivity index (χ3n) is 2.02. The molecule has 0 nitrogen and oxygen atoms in total. The second-order valence-electron chi connectivity index (χ2n) is 3.55. The summed E-state index contributed by atoms with van der Waals surface area (Å²) in [6.45, 7) is 6.87. The molecular weight excluding hydrogens is 184 g/mol. The van der Waals surface area contributed by atoms with Crippen molar-refractivity contribution in [1.29, 1.82) is 0 Å². The van der Waals surface area contributed by atoms with Gasteiger partial charge >= 0.3 is 0 Å². The lowest BCUT2D eigenvalue weighted by Crippen LogP contribution is -2.01. The van der Waals surface area contributed by atoms with Crippen LogP contribution in [0.1, 0.15) is 40.0 Å². The zero-order chi connectivity index (χ0) is 9.40. The van der Waals surface area contributed by atoms with Crippen molar-refractivity contribution in [2.75, 3.05) is 11.5 Å². The van der Waals surface area contributed by atoms with Crippen LogP contribution in [0.15, 0.2) is 0 Å². The molecule has 0 heterocycles. The highest BCUT2D eigenvalue weighted by atomic mass is 32.2. The van der Waals surface area contributed by atoms with Crippen LogP contribution in [0.25, 0.3) is 0 Å². The zero-order valence-corrected chi connectivity index (χ0v) is 10.3. The number of hydrogen-bond acceptors (Lipinski definition) is 2. The van der Waals surface area contributed by atoms with Gasteiger partial charge in [-0.3, -0.25) is 0 Å². The smallest absolute Gasteiger partial charge is 0.00186 e. The van der Waals surface area contributed by atoms with Gasteiger partial charge in [0.1, 0.15) is 0 Å². The van der Waals surface area contributed by atoms with Gasteiger partial charge in [-0.15, -0.1) is 0 Å². The minimum atomic E-state index is 0.787. The molecule has 0 aliphatic rings. The van der Waals surface area contributed by atoms with Crippen molar-refractivity contribution < 1.29 is 0 Å². The molecular formula is C10H22S2. The Balaban J connectivity index is 3.18. The van der Waals surface area contributed by atoms with Crippen molar-refractivity contribution in [3.05, 3.63) is 0 Å². The van der Waals surface area contributed by atoms with E-state index < -0.39 is 0 Å². The van der Waals surface area contributed by atoms with Crippen molar-refractivity contribution in [1.82, 2.24) is 0 Å². The third-order valence-corrected chi connectivity index (χ3v) is 3.92. The lowest BCUT2D eigenvalue weighted by molar-refractivity contribution is 0.643. The normalized spacial score (nSPS) is 16.0. The Hall–Kier alpha value is 0.700. The first kappa shape index (κ1) is 12.7. The largest absolute Gasteiger partial charge is 0.179 e. The molecule has 2 atom stereocenters. The molecule has 2 unspecified atom stereocenters. The van der Waals surface area contributed by atoms with E-state index in [4.69, 9.17) is 0 Å². The molecule has 0 aromatic rings. The molecule has 0 N–H and O–H groups in total. The van der Waals surface area contributed by atoms with Gasteiger partial charge in [0.15, 0.2) is 0 Å². The molecule has 0 saturated carbocycles. The Kier molecular flexibility index (Phi) is 8.79. The number of rotatable bonds is 7. The summed E-state index contributed by atoms with van der Waals surface area (Å²) < 4.78 is 0. The number of hydrogen-bond donors (Lipinski definition) is 1. The summed E-state index contributed by atoms with van der Waals surface area (Å²) in [4.78, 5) is 0. The molecule has 0 fully saturated rings. The lowest BCUT2D eigenvalue weighted by atomic mass is 10.2. The molecule has 0 rings (SSSR count). The van der Waals surface area contributed by atoms with Gasteiger partial charge in [-0.05, 0) is 30.3 Å². The first-order valence-corrected chi connectivity index (χ1v) is 6.61. The van der Waals surface area contributed by atoms with Crippen LogP contribution in [0.3, 0.4) is 0 Å². The Labute approximate surface area is 87.3 Å². The van der Waals surface area contributed by atoms with Crippen LogP contribution >= 0.6 is 24.4 Å². The quantitative estimate of drug-likeness (QED) is 0.617. The SMILES string of the molecule is CCCC(C)SCCC(C)CS. The van der Waals surface area contributed by atoms with Crippen molar-refractivity contribution in [3.8, 4) is 0 Å². The van der Waals surface area contributed by atoms with E-state index >= 15 is 0 Å². The summed E-state index contributed by atoms with van der Waals surface area (Å²) in [7, 11) is 0. The standard InChI is InChI=1S/C10H22S2/c1-4-5-10(3)12-7-6-9(2)8-11/h9-11H,4-8H2,1-3H3. The fourth-order valence-electron chi connectivity index (χ4n) is 1.05. The first-order valence-electron chi connectivity index (χ1n) is 4.93. The van der Waals surface area contributed by atoms with Crippen molar-refractivity contribution in [2.24, 2.45) is 5.92 Å². The average molecular weight is 206 g/mol. The lowest BCUT2D eigenvalue weighted by Gasteiger charge is -2.11. The summed E-state index contributed by atoms with van der Waals surface area (Å²) in [5.41, 5.74) is 0. The van der Waals surface area contributed by atoms with E-state index in [-0.39, 0.29) is 0 Å². The number of thiol groups is 1. The van der Waals surface area contributed by atoms with Gasteiger partial charge in [-0.1, -0.05) is 27.2 Å². The van der Waals surface area contributed by atoms with Gasteiger partial charge in [-0.2, -0.15) is 24.4 Å². The van der Waals surface area contributed by atoms with Crippen LogP contribution in [0, 0.1) is 5.92 Å². The summed E-state index contributed by atoms with van der Waals surface area (Å²) in [5, 5.41) is 0.849. The molecule has 0 saturated heterocycles. The van der Waals surface area contributed by atoms with E-state index in [0.717, 1.165) is 16.9 Å². The van der Waals surface area contributed by atoms with Crippen molar-refractivity contribution >= 4 is 24.4 Å². The van der Waals surface area contributed by atoms with E-state index in [1.807, 2.05) is 0 Å². The molecule has 0 aromatic heterocycles. The Bertz CT molecular complexity index is 93.8. The van der Waals surface area contributed by atoms with Gasteiger partial charge in [0.2, 0.25) is 0 Å². The highest BCUT2D eigenvalue weighted by Gasteiger charge is 2.03. The summed E-state index contributed by atoms with van der Waals surface area (Å²) in [5.74, 6) is 3.13. The van der Waals surface area contributed by atoms with Gasteiger partial charge in [0.25, 0.3) is 0 Å². The summed E-state index contributed by atoms with van der Waals surface area (Å²) in [6.07, 6.45) is 4.00. The summed E-state index contributed by atoms with van der Waals surface area (Å²) in [6, 6.07) is 0. The van der Waals surface area contributed by atoms with Crippen LogP contribution in [-0.2, 0) is 0 Å². The highest BCUT2D eigenvalue weighted by molar-refractivity contribution is 7.99. The van der Waals surface area contributed by atoms with E-state index in [1.165, 1.54) is 25.0 Å². The molecule has 0 aliphatic heterocycles. The zero-order valence-electron chi connectivity index (χ0n) is 8.55. The van der Waals surface area contributed by atoms with Crippen molar-refractivity contribution in [3.63, 3.8) is 0 Å². The molecule has 12 heavy (non-hydrogen) atoms. The minimum Gasteiger partial charge on any atom is -0.179 e. The maximum Gasteiger partial charge on any atom is 0.00186 e. The fraction of sp³-hybridized carbons (Fsp3) is 1.00. The van der Waals surface area contributed by atoms with Gasteiger partial charge in [-0.25, -0.2) is 0 Å². The molecule has 0 bridgehead atoms. The predicted molar refractivity (Wildman–Crippen MR) is 64.5 cm³/mol. The highest BCUT2D eigenvalue weighted by Crippen LogP contribution is 2.18. The van der Waals surface area contributed by atoms with E-state index in [2.05, 4.69) is 45.2 Å². The monoisotopic (exact) mass is 206 g/mol. The van der Waals surface area contributed by atoms with Crippen LogP contribution in [0.4, 0.5) is 0 Å². The van der Waals surface area contributed by atoms with Gasteiger partial charge in [0, 0.05) is 5.25 Å². The molecule has 2 heteroatoms. The fourth-order valence-corrected chi connectivity index (χ4v) is 2.58. The van der Waals surface area contributed by atoms with Crippen molar-refractivity contribution in [2.45, 2.75) is 45.3 Å². The van der Waals surface area contributed by atoms with Crippen LogP contribution in [0.5, 0.6) is 0 Å². The first-order chi connectivity index (χ1) is 5.70. The maximum absolute atomic E-state index is 4.27. The van der Waals surface area contributed by atoms with Crippen LogP contribution in [-0.4, -0.2) is 16.8 Å². The minimum absolute atomic E-state index is 0.787. The Morgan fingerprint density at radius 2 is 1.92 bits per heavy atom. The Morgan fingerprint density at radius 1 is 1.25 bits per heavy atom. The average Bonchev–Trinajstić information content (AvgIpc) is 2.04. The van der Waals surface area contributed by atoms with E-state index in [9.17, 15) is 0 Å². The van der Waals surface area contributed by atoms with Gasteiger partial charge < -0.3 is 0 Å². The maximum atomic E-state index is 4.27. The second-order valence-corrected chi connectivity index (χ2v) is 5.46. The Morgan fingerprint density at radius 3 is 2.42 bits per heavy atom. The molecule has 0 radical (unpaired) electrons.